The molecule has 3 unspecified atom stereocenters. The van der Waals surface area contributed by atoms with Crippen molar-refractivity contribution in [2.24, 2.45) is 11.8 Å². The van der Waals surface area contributed by atoms with Crippen molar-refractivity contribution in [3.63, 3.8) is 0 Å². The maximum absolute atomic E-state index is 8.80. The third-order valence-corrected chi connectivity index (χ3v) is 4.59. The number of anilines is 1. The van der Waals surface area contributed by atoms with Gasteiger partial charge in [-0.2, -0.15) is 5.26 Å². The lowest BCUT2D eigenvalue weighted by Crippen LogP contribution is -2.34. The van der Waals surface area contributed by atoms with Crippen molar-refractivity contribution in [2.75, 3.05) is 11.4 Å². The Balaban J connectivity index is 1.85. The highest BCUT2D eigenvalue weighted by atomic mass is 15.2. The van der Waals surface area contributed by atoms with Crippen molar-refractivity contribution in [1.29, 1.82) is 5.26 Å². The van der Waals surface area contributed by atoms with Gasteiger partial charge in [-0.05, 0) is 36.8 Å². The van der Waals surface area contributed by atoms with Crippen LogP contribution < -0.4 is 4.90 Å². The van der Waals surface area contributed by atoms with E-state index in [1.165, 1.54) is 31.4 Å². The van der Waals surface area contributed by atoms with Crippen LogP contribution in [0.15, 0.2) is 18.3 Å². The lowest BCUT2D eigenvalue weighted by atomic mass is 9.80. The van der Waals surface area contributed by atoms with Crippen LogP contribution in [0.1, 0.15) is 38.3 Å². The summed E-state index contributed by atoms with van der Waals surface area (Å²) in [6.45, 7) is 3.52. The summed E-state index contributed by atoms with van der Waals surface area (Å²) >= 11 is 0. The Morgan fingerprint density at radius 3 is 2.89 bits per heavy atom. The summed E-state index contributed by atoms with van der Waals surface area (Å²) < 4.78 is 0. The van der Waals surface area contributed by atoms with Gasteiger partial charge in [0.15, 0.2) is 0 Å². The smallest absolute Gasteiger partial charge is 0.140 e. The van der Waals surface area contributed by atoms with Gasteiger partial charge in [-0.15, -0.1) is 0 Å². The molecule has 94 valence electrons. The van der Waals surface area contributed by atoms with Crippen molar-refractivity contribution in [3.8, 4) is 6.07 Å². The number of rotatable bonds is 1. The highest BCUT2D eigenvalue weighted by Gasteiger charge is 2.40. The molecule has 0 aromatic carbocycles. The quantitative estimate of drug-likeness (QED) is 0.759. The van der Waals surface area contributed by atoms with Crippen molar-refractivity contribution in [2.45, 2.75) is 38.6 Å². The fraction of sp³-hybridized carbons (Fsp3) is 0.600. The summed E-state index contributed by atoms with van der Waals surface area (Å²) in [5.41, 5.74) is 1.70. The summed E-state index contributed by atoms with van der Waals surface area (Å²) in [5.74, 6) is 1.64. The third-order valence-electron chi connectivity index (χ3n) is 4.59. The van der Waals surface area contributed by atoms with E-state index in [1.807, 2.05) is 12.3 Å². The van der Waals surface area contributed by atoms with Crippen molar-refractivity contribution in [1.82, 2.24) is 4.98 Å². The van der Waals surface area contributed by atoms with Crippen LogP contribution in [0.2, 0.25) is 0 Å². The minimum atomic E-state index is 0.506. The number of nitriles is 1. The van der Waals surface area contributed by atoms with Gasteiger partial charge in [-0.25, -0.2) is 4.98 Å². The second-order valence-corrected chi connectivity index (χ2v) is 5.66. The van der Waals surface area contributed by atoms with Gasteiger partial charge in [0, 0.05) is 12.6 Å². The Hall–Kier alpha value is -1.56. The van der Waals surface area contributed by atoms with Crippen LogP contribution in [0.4, 0.5) is 5.69 Å². The Morgan fingerprint density at radius 1 is 1.33 bits per heavy atom. The molecule has 0 N–H and O–H groups in total. The van der Waals surface area contributed by atoms with Crippen molar-refractivity contribution < 1.29 is 0 Å². The average Bonchev–Trinajstić information content (AvgIpc) is 2.77. The van der Waals surface area contributed by atoms with E-state index in [-0.39, 0.29) is 0 Å². The van der Waals surface area contributed by atoms with Gasteiger partial charge in [0.05, 0.1) is 11.9 Å². The molecule has 0 radical (unpaired) electrons. The molecule has 2 aliphatic rings. The molecule has 3 rings (SSSR count). The standard InChI is InChI=1S/C15H19N3/c1-11-10-18(15-5-3-2-4-14(11)15)13-7-6-12(8-16)17-9-13/h6-7,9,11,14-15H,2-5,10H2,1H3. The molecule has 0 amide bonds. The highest BCUT2D eigenvalue weighted by Crippen LogP contribution is 2.41. The highest BCUT2D eigenvalue weighted by molar-refractivity contribution is 5.48. The van der Waals surface area contributed by atoms with Crippen LogP contribution in [0, 0.1) is 23.2 Å². The predicted octanol–water partition coefficient (Wildman–Crippen LogP) is 2.97. The van der Waals surface area contributed by atoms with E-state index in [1.54, 1.807) is 0 Å². The van der Waals surface area contributed by atoms with E-state index in [9.17, 15) is 0 Å². The summed E-state index contributed by atoms with van der Waals surface area (Å²) in [4.78, 5) is 6.72. The molecule has 0 bridgehead atoms. The minimum Gasteiger partial charge on any atom is -0.367 e. The molecule has 1 saturated heterocycles. The van der Waals surface area contributed by atoms with E-state index < -0.39 is 0 Å². The molecule has 18 heavy (non-hydrogen) atoms. The molecule has 3 nitrogen and oxygen atoms in total. The van der Waals surface area contributed by atoms with Crippen LogP contribution in [0.3, 0.4) is 0 Å². The zero-order chi connectivity index (χ0) is 12.5. The summed E-state index contributed by atoms with van der Waals surface area (Å²) in [7, 11) is 0. The Bertz CT molecular complexity index is 460. The molecular weight excluding hydrogens is 222 g/mol. The molecule has 1 aliphatic carbocycles. The molecule has 1 aromatic rings. The normalized spacial score (nSPS) is 30.9. The SMILES string of the molecule is CC1CN(c2ccc(C#N)nc2)C2CCCCC12. The predicted molar refractivity (Wildman–Crippen MR) is 71.2 cm³/mol. The molecule has 2 heterocycles. The van der Waals surface area contributed by atoms with Crippen LogP contribution in [-0.2, 0) is 0 Å². The number of fused-ring (bicyclic) bond motifs is 1. The zero-order valence-electron chi connectivity index (χ0n) is 10.8. The third kappa shape index (κ3) is 1.86. The molecule has 1 saturated carbocycles. The Kier molecular flexibility index (Phi) is 2.95. The van der Waals surface area contributed by atoms with Gasteiger partial charge in [0.25, 0.3) is 0 Å². The van der Waals surface area contributed by atoms with E-state index >= 15 is 0 Å². The monoisotopic (exact) mass is 241 g/mol. The van der Waals surface area contributed by atoms with Gasteiger partial charge >= 0.3 is 0 Å². The lowest BCUT2D eigenvalue weighted by Gasteiger charge is -2.33. The molecule has 2 fully saturated rings. The fourth-order valence-corrected chi connectivity index (χ4v) is 3.69. The first-order valence-corrected chi connectivity index (χ1v) is 6.92. The maximum atomic E-state index is 8.80. The average molecular weight is 241 g/mol. The second-order valence-electron chi connectivity index (χ2n) is 5.66. The molecule has 3 atom stereocenters. The topological polar surface area (TPSA) is 39.9 Å². The van der Waals surface area contributed by atoms with E-state index in [0.717, 1.165) is 18.4 Å². The largest absolute Gasteiger partial charge is 0.367 e. The lowest BCUT2D eigenvalue weighted by molar-refractivity contribution is 0.293. The number of pyridine rings is 1. The summed E-state index contributed by atoms with van der Waals surface area (Å²) in [6.07, 6.45) is 7.31. The first-order valence-electron chi connectivity index (χ1n) is 6.92. The minimum absolute atomic E-state index is 0.506. The number of hydrogen-bond acceptors (Lipinski definition) is 3. The first-order chi connectivity index (χ1) is 8.79. The summed E-state index contributed by atoms with van der Waals surface area (Å²) in [6, 6.07) is 6.66. The van der Waals surface area contributed by atoms with Crippen LogP contribution in [0.25, 0.3) is 0 Å². The number of hydrogen-bond donors (Lipinski definition) is 0. The van der Waals surface area contributed by atoms with Crippen molar-refractivity contribution in [3.05, 3.63) is 24.0 Å². The second kappa shape index (κ2) is 4.61. The molecule has 1 aliphatic heterocycles. The number of aromatic nitrogens is 1. The Morgan fingerprint density at radius 2 is 2.17 bits per heavy atom. The van der Waals surface area contributed by atoms with Crippen LogP contribution >= 0.6 is 0 Å². The molecule has 0 spiro atoms. The van der Waals surface area contributed by atoms with E-state index in [4.69, 9.17) is 5.26 Å². The molecule has 1 aromatic heterocycles. The molecular formula is C15H19N3. The van der Waals surface area contributed by atoms with Gasteiger partial charge in [0.2, 0.25) is 0 Å². The maximum Gasteiger partial charge on any atom is 0.140 e. The zero-order valence-corrected chi connectivity index (χ0v) is 10.8. The Labute approximate surface area is 108 Å². The van der Waals surface area contributed by atoms with Crippen LogP contribution in [-0.4, -0.2) is 17.6 Å². The van der Waals surface area contributed by atoms with Gasteiger partial charge in [-0.3, -0.25) is 0 Å². The van der Waals surface area contributed by atoms with E-state index in [2.05, 4.69) is 28.9 Å². The fourth-order valence-electron chi connectivity index (χ4n) is 3.69. The van der Waals surface area contributed by atoms with Crippen molar-refractivity contribution >= 4 is 5.69 Å². The van der Waals surface area contributed by atoms with Gasteiger partial charge in [0.1, 0.15) is 11.8 Å². The van der Waals surface area contributed by atoms with Crippen LogP contribution in [0.5, 0.6) is 0 Å². The first kappa shape index (κ1) is 11.5. The summed E-state index contributed by atoms with van der Waals surface area (Å²) in [5, 5.41) is 8.80. The van der Waals surface area contributed by atoms with E-state index in [0.29, 0.717) is 11.7 Å². The molecule has 3 heteroatoms. The number of nitrogens with zero attached hydrogens (tertiary/aromatic N) is 3. The van der Waals surface area contributed by atoms with Gasteiger partial charge < -0.3 is 4.90 Å². The van der Waals surface area contributed by atoms with Gasteiger partial charge in [-0.1, -0.05) is 19.8 Å².